The molecule has 5 aliphatic rings. The monoisotopic (exact) mass is 707 g/mol. The zero-order valence-corrected chi connectivity index (χ0v) is 29.3. The number of anilines is 1. The van der Waals surface area contributed by atoms with E-state index in [0.717, 1.165) is 75.7 Å². The minimum absolute atomic E-state index is 0.0346. The quantitative estimate of drug-likeness (QED) is 0.249. The second-order valence-electron chi connectivity index (χ2n) is 15.2. The molecule has 50 heavy (non-hydrogen) atoms. The van der Waals surface area contributed by atoms with Crippen LogP contribution in [-0.4, -0.2) is 113 Å². The van der Waals surface area contributed by atoms with Gasteiger partial charge in [0, 0.05) is 34.0 Å². The first-order valence-corrected chi connectivity index (χ1v) is 18.3. The number of likely N-dealkylation sites (tertiary alicyclic amines) is 1. The van der Waals surface area contributed by atoms with Gasteiger partial charge >= 0.3 is 6.01 Å². The SMILES string of the molecule is COc1nc(-c2c(C3CC3)c(Cl)cc3[nH]ncc23)c(F)c2nc(OCC34CCCC3N(C3COC3)CCC4)nc(N3CCOCC(C)(O)C3)c12. The highest BCUT2D eigenvalue weighted by Gasteiger charge is 2.51. The van der Waals surface area contributed by atoms with Crippen LogP contribution in [0.3, 0.4) is 0 Å². The van der Waals surface area contributed by atoms with Gasteiger partial charge in [0.05, 0.1) is 64.4 Å². The Morgan fingerprint density at radius 3 is 2.74 bits per heavy atom. The van der Waals surface area contributed by atoms with Crippen LogP contribution in [0.1, 0.15) is 63.4 Å². The number of aromatic amines is 1. The maximum absolute atomic E-state index is 17.4. The van der Waals surface area contributed by atoms with E-state index < -0.39 is 11.4 Å². The van der Waals surface area contributed by atoms with Gasteiger partial charge in [0.1, 0.15) is 28.0 Å². The number of rotatable bonds is 8. The van der Waals surface area contributed by atoms with Gasteiger partial charge < -0.3 is 29.0 Å². The Labute approximate surface area is 294 Å². The number of pyridine rings is 1. The molecule has 266 valence electrons. The van der Waals surface area contributed by atoms with E-state index in [9.17, 15) is 5.11 Å². The average Bonchev–Trinajstić information content (AvgIpc) is 3.69. The molecule has 3 unspecified atom stereocenters. The number of fused-ring (bicyclic) bond motifs is 3. The van der Waals surface area contributed by atoms with Gasteiger partial charge in [-0.15, -0.1) is 0 Å². The van der Waals surface area contributed by atoms with Gasteiger partial charge in [-0.25, -0.2) is 9.37 Å². The van der Waals surface area contributed by atoms with E-state index in [1.165, 1.54) is 7.11 Å². The minimum atomic E-state index is -1.17. The molecule has 0 radical (unpaired) electrons. The molecular formula is C36H43ClFN7O5. The van der Waals surface area contributed by atoms with E-state index in [4.69, 9.17) is 45.5 Å². The van der Waals surface area contributed by atoms with Crippen LogP contribution in [0, 0.1) is 11.2 Å². The maximum atomic E-state index is 17.4. The average molecular weight is 708 g/mol. The number of methoxy groups -OCH3 is 1. The maximum Gasteiger partial charge on any atom is 0.319 e. The molecule has 3 aliphatic heterocycles. The van der Waals surface area contributed by atoms with Crippen molar-refractivity contribution in [3.05, 3.63) is 28.7 Å². The van der Waals surface area contributed by atoms with Crippen LogP contribution in [0.25, 0.3) is 33.1 Å². The number of β-amino-alcohol motifs (C(OH)–C–C–N with tert-alkyl or cyclic N) is 1. The Balaban J connectivity index is 1.19. The fourth-order valence-corrected chi connectivity index (χ4v) is 9.35. The Morgan fingerprint density at radius 1 is 1.12 bits per heavy atom. The molecule has 9 rings (SSSR count). The third kappa shape index (κ3) is 5.47. The van der Waals surface area contributed by atoms with Crippen molar-refractivity contribution in [2.75, 3.05) is 64.7 Å². The summed E-state index contributed by atoms with van der Waals surface area (Å²) in [6.07, 6.45) is 9.07. The van der Waals surface area contributed by atoms with Gasteiger partial charge in [-0.05, 0) is 69.5 Å². The van der Waals surface area contributed by atoms with Gasteiger partial charge in [0.25, 0.3) is 0 Å². The highest BCUT2D eigenvalue weighted by atomic mass is 35.5. The summed E-state index contributed by atoms with van der Waals surface area (Å²) >= 11 is 6.86. The molecule has 6 heterocycles. The van der Waals surface area contributed by atoms with Crippen molar-refractivity contribution in [1.29, 1.82) is 0 Å². The van der Waals surface area contributed by atoms with Crippen molar-refractivity contribution in [2.45, 2.75) is 75.5 Å². The molecule has 3 atom stereocenters. The van der Waals surface area contributed by atoms with Crippen molar-refractivity contribution in [2.24, 2.45) is 5.41 Å². The van der Waals surface area contributed by atoms with E-state index in [2.05, 4.69) is 15.1 Å². The topological polar surface area (TPSA) is 131 Å². The van der Waals surface area contributed by atoms with Gasteiger partial charge in [-0.3, -0.25) is 10.00 Å². The third-order valence-electron chi connectivity index (χ3n) is 11.5. The van der Waals surface area contributed by atoms with Crippen LogP contribution in [-0.2, 0) is 9.47 Å². The van der Waals surface area contributed by atoms with Gasteiger partial charge in [-0.1, -0.05) is 18.0 Å². The van der Waals surface area contributed by atoms with E-state index in [1.807, 2.05) is 11.0 Å². The zero-order valence-electron chi connectivity index (χ0n) is 28.5. The van der Waals surface area contributed by atoms with E-state index >= 15 is 4.39 Å². The number of hydrogen-bond donors (Lipinski definition) is 2. The molecule has 4 aromatic rings. The number of H-pyrrole nitrogens is 1. The van der Waals surface area contributed by atoms with Crippen molar-refractivity contribution in [3.8, 4) is 23.1 Å². The third-order valence-corrected chi connectivity index (χ3v) is 11.9. The number of benzene rings is 1. The summed E-state index contributed by atoms with van der Waals surface area (Å²) in [7, 11) is 1.51. The lowest BCUT2D eigenvalue weighted by molar-refractivity contribution is -0.115. The summed E-state index contributed by atoms with van der Waals surface area (Å²) in [4.78, 5) is 19.1. The van der Waals surface area contributed by atoms with Gasteiger partial charge in [0.2, 0.25) is 5.88 Å². The van der Waals surface area contributed by atoms with Crippen molar-refractivity contribution in [1.82, 2.24) is 30.0 Å². The number of nitrogens with one attached hydrogen (secondary N) is 1. The molecule has 1 aromatic carbocycles. The van der Waals surface area contributed by atoms with Crippen LogP contribution in [0.15, 0.2) is 12.3 Å². The smallest absolute Gasteiger partial charge is 0.319 e. The van der Waals surface area contributed by atoms with Crippen molar-refractivity contribution >= 4 is 39.2 Å². The fraction of sp³-hybridized carbons (Fsp3) is 0.611. The highest BCUT2D eigenvalue weighted by molar-refractivity contribution is 6.33. The largest absolute Gasteiger partial charge is 0.480 e. The molecule has 2 aliphatic carbocycles. The van der Waals surface area contributed by atoms with Crippen LogP contribution in [0.5, 0.6) is 11.9 Å². The molecule has 12 nitrogen and oxygen atoms in total. The molecule has 0 amide bonds. The predicted octanol–water partition coefficient (Wildman–Crippen LogP) is 5.25. The summed E-state index contributed by atoms with van der Waals surface area (Å²) in [6, 6.07) is 2.79. The summed E-state index contributed by atoms with van der Waals surface area (Å²) < 4.78 is 41.2. The lowest BCUT2D eigenvalue weighted by Gasteiger charge is -2.51. The number of hydrogen-bond acceptors (Lipinski definition) is 11. The van der Waals surface area contributed by atoms with Gasteiger partial charge in [0.15, 0.2) is 5.82 Å². The van der Waals surface area contributed by atoms with Crippen molar-refractivity contribution < 1.29 is 28.4 Å². The Hall–Kier alpha value is -3.36. The fourth-order valence-electron chi connectivity index (χ4n) is 8.99. The number of aromatic nitrogens is 5. The van der Waals surface area contributed by atoms with Crippen LogP contribution >= 0.6 is 11.6 Å². The molecule has 5 fully saturated rings. The molecule has 0 spiro atoms. The minimum Gasteiger partial charge on any atom is -0.480 e. The predicted molar refractivity (Wildman–Crippen MR) is 186 cm³/mol. The van der Waals surface area contributed by atoms with Crippen LogP contribution in [0.4, 0.5) is 10.2 Å². The number of piperidine rings is 1. The normalized spacial score (nSPS) is 27.8. The molecule has 2 saturated carbocycles. The summed E-state index contributed by atoms with van der Waals surface area (Å²) in [5.41, 5.74) is 1.04. The first kappa shape index (κ1) is 32.5. The van der Waals surface area contributed by atoms with Crippen LogP contribution < -0.4 is 14.4 Å². The molecule has 2 N–H and O–H groups in total. The second kappa shape index (κ2) is 12.4. The summed E-state index contributed by atoms with van der Waals surface area (Å²) in [5, 5.41) is 20.0. The van der Waals surface area contributed by atoms with Gasteiger partial charge in [-0.2, -0.15) is 15.1 Å². The Bertz CT molecular complexity index is 1950. The molecular weight excluding hydrogens is 665 g/mol. The summed E-state index contributed by atoms with van der Waals surface area (Å²) in [5.74, 6) is 0.120. The van der Waals surface area contributed by atoms with E-state index in [0.29, 0.717) is 59.1 Å². The van der Waals surface area contributed by atoms with Crippen LogP contribution in [0.2, 0.25) is 5.02 Å². The lowest BCUT2D eigenvalue weighted by Crippen LogP contribution is -2.60. The van der Waals surface area contributed by atoms with E-state index in [1.54, 1.807) is 13.1 Å². The van der Waals surface area contributed by atoms with Crippen molar-refractivity contribution in [3.63, 3.8) is 0 Å². The molecule has 14 heteroatoms. The summed E-state index contributed by atoms with van der Waals surface area (Å²) in [6.45, 7) is 5.92. The molecule has 3 aromatic heterocycles. The first-order chi connectivity index (χ1) is 24.2. The highest BCUT2D eigenvalue weighted by Crippen LogP contribution is 2.52. The van der Waals surface area contributed by atoms with E-state index in [-0.39, 0.29) is 47.6 Å². The standard InChI is InChI=1S/C36H43ClFN7O5/c1-35(46)17-44(11-12-48-18-35)32-28-31(41-34(42-32)50-19-36-8-3-5-25(36)45(10-4-9-36)21-15-49-16-21)29(38)30(40-33(28)47-2)27-22-14-39-43-24(22)13-23(37)26(27)20-6-7-20/h13-14,20-21,25,46H,3-12,15-19H2,1-2H3,(H,39,43). The lowest BCUT2D eigenvalue weighted by atomic mass is 9.75. The number of nitrogens with zero attached hydrogens (tertiary/aromatic N) is 6. The first-order valence-electron chi connectivity index (χ1n) is 17.9. The molecule has 3 saturated heterocycles. The Kier molecular flexibility index (Phi) is 8.07. The number of halogens is 2. The second-order valence-corrected chi connectivity index (χ2v) is 15.6. The Morgan fingerprint density at radius 2 is 1.96 bits per heavy atom. The number of ether oxygens (including phenoxy) is 4. The zero-order chi connectivity index (χ0) is 34.2. The number of aliphatic hydroxyl groups is 1. The molecule has 0 bridgehead atoms.